The molecule has 0 radical (unpaired) electrons. The molecule has 0 bridgehead atoms. The first-order valence-corrected chi connectivity index (χ1v) is 5.25. The van der Waals surface area contributed by atoms with Crippen LogP contribution in [0.2, 0.25) is 0 Å². The lowest BCUT2D eigenvalue weighted by molar-refractivity contribution is 0.0969. The summed E-state index contributed by atoms with van der Waals surface area (Å²) >= 11 is 0. The molecule has 0 unspecified atom stereocenters. The summed E-state index contributed by atoms with van der Waals surface area (Å²) in [5.74, 6) is 0.323. The summed E-state index contributed by atoms with van der Waals surface area (Å²) in [4.78, 5) is 14.2. The second kappa shape index (κ2) is 2.84. The number of anilines is 1. The molecule has 14 heavy (non-hydrogen) atoms. The van der Waals surface area contributed by atoms with Gasteiger partial charge in [-0.2, -0.15) is 0 Å². The third-order valence-corrected chi connectivity index (χ3v) is 3.31. The van der Waals surface area contributed by atoms with Crippen LogP contribution in [0.4, 0.5) is 5.69 Å². The molecule has 0 saturated carbocycles. The first-order chi connectivity index (χ1) is 6.86. The molecule has 1 aromatic rings. The Balaban J connectivity index is 2.13. The van der Waals surface area contributed by atoms with Crippen LogP contribution < -0.4 is 4.90 Å². The van der Waals surface area contributed by atoms with E-state index in [1.807, 2.05) is 18.2 Å². The van der Waals surface area contributed by atoms with E-state index in [1.54, 1.807) is 0 Å². The van der Waals surface area contributed by atoms with Gasteiger partial charge >= 0.3 is 0 Å². The average molecular weight is 187 g/mol. The van der Waals surface area contributed by atoms with Gasteiger partial charge in [-0.1, -0.05) is 12.1 Å². The fourth-order valence-electron chi connectivity index (χ4n) is 2.65. The summed E-state index contributed by atoms with van der Waals surface area (Å²) < 4.78 is 0. The Kier molecular flexibility index (Phi) is 1.63. The average Bonchev–Trinajstić information content (AvgIpc) is 2.66. The molecule has 2 aliphatic heterocycles. The highest BCUT2D eigenvalue weighted by Gasteiger charge is 2.33. The molecule has 2 aliphatic rings. The highest BCUT2D eigenvalue weighted by molar-refractivity contribution is 6.03. The van der Waals surface area contributed by atoms with Crippen molar-refractivity contribution >= 4 is 11.5 Å². The van der Waals surface area contributed by atoms with E-state index >= 15 is 0 Å². The molecule has 0 aromatic heterocycles. The summed E-state index contributed by atoms with van der Waals surface area (Å²) in [6.45, 7) is 1.12. The molecule has 1 aromatic carbocycles. The van der Waals surface area contributed by atoms with Crippen LogP contribution in [0, 0.1) is 0 Å². The van der Waals surface area contributed by atoms with E-state index in [4.69, 9.17) is 0 Å². The molecule has 0 amide bonds. The van der Waals surface area contributed by atoms with Gasteiger partial charge < -0.3 is 4.90 Å². The number of fused-ring (bicyclic) bond motifs is 3. The van der Waals surface area contributed by atoms with E-state index < -0.39 is 0 Å². The van der Waals surface area contributed by atoms with Crippen LogP contribution in [-0.4, -0.2) is 18.4 Å². The topological polar surface area (TPSA) is 20.3 Å². The van der Waals surface area contributed by atoms with E-state index in [0.29, 0.717) is 11.8 Å². The van der Waals surface area contributed by atoms with Gasteiger partial charge in [0.05, 0.1) is 0 Å². The second-order valence-electron chi connectivity index (χ2n) is 4.13. The largest absolute Gasteiger partial charge is 0.368 e. The Hall–Kier alpha value is -1.31. The van der Waals surface area contributed by atoms with Gasteiger partial charge in [0.2, 0.25) is 0 Å². The van der Waals surface area contributed by atoms with Crippen LogP contribution in [0.5, 0.6) is 0 Å². The molecule has 0 spiro atoms. The molecular weight excluding hydrogens is 174 g/mol. The quantitative estimate of drug-likeness (QED) is 0.620. The van der Waals surface area contributed by atoms with Crippen molar-refractivity contribution in [3.63, 3.8) is 0 Å². The molecule has 0 aliphatic carbocycles. The maximum absolute atomic E-state index is 11.8. The maximum atomic E-state index is 11.8. The van der Waals surface area contributed by atoms with Crippen molar-refractivity contribution in [3.8, 4) is 0 Å². The number of ketones is 1. The minimum absolute atomic E-state index is 0.323. The van der Waals surface area contributed by atoms with Gasteiger partial charge in [-0.15, -0.1) is 0 Å². The number of hydrogen-bond donors (Lipinski definition) is 0. The molecule has 1 saturated heterocycles. The van der Waals surface area contributed by atoms with Crippen molar-refractivity contribution in [2.45, 2.75) is 25.3 Å². The van der Waals surface area contributed by atoms with Gasteiger partial charge in [-0.05, 0) is 25.0 Å². The van der Waals surface area contributed by atoms with Crippen molar-refractivity contribution in [3.05, 3.63) is 29.8 Å². The number of benzene rings is 1. The number of nitrogens with zero attached hydrogens (tertiary/aromatic N) is 1. The Bertz CT molecular complexity index is 386. The molecule has 3 rings (SSSR count). The van der Waals surface area contributed by atoms with Crippen LogP contribution in [-0.2, 0) is 0 Å². The number of carbonyl (C=O) groups is 1. The van der Waals surface area contributed by atoms with Crippen molar-refractivity contribution in [2.24, 2.45) is 0 Å². The number of hydrogen-bond acceptors (Lipinski definition) is 2. The lowest BCUT2D eigenvalue weighted by Gasteiger charge is -2.32. The molecule has 1 fully saturated rings. The van der Waals surface area contributed by atoms with E-state index in [1.165, 1.54) is 12.8 Å². The zero-order chi connectivity index (χ0) is 9.54. The Morgan fingerprint density at radius 3 is 3.07 bits per heavy atom. The number of carbonyl (C=O) groups excluding carboxylic acids is 1. The fourth-order valence-corrected chi connectivity index (χ4v) is 2.65. The van der Waals surface area contributed by atoms with Crippen molar-refractivity contribution in [2.75, 3.05) is 11.4 Å². The summed E-state index contributed by atoms with van der Waals surface area (Å²) in [6, 6.07) is 8.48. The standard InChI is InChI=1S/C12H13NO/c14-12-8-9-4-3-7-13(9)11-6-2-1-5-10(11)12/h1-2,5-6,9H,3-4,7-8H2/t9-/m1/s1. The third kappa shape index (κ3) is 0.999. The predicted octanol–water partition coefficient (Wildman–Crippen LogP) is 2.24. The lowest BCUT2D eigenvalue weighted by atomic mass is 9.95. The monoisotopic (exact) mass is 187 g/mol. The van der Waals surface area contributed by atoms with Crippen LogP contribution in [0.15, 0.2) is 24.3 Å². The molecular formula is C12H13NO. The second-order valence-corrected chi connectivity index (χ2v) is 4.13. The molecule has 2 nitrogen and oxygen atoms in total. The number of para-hydroxylation sites is 1. The number of rotatable bonds is 0. The smallest absolute Gasteiger partial charge is 0.167 e. The molecule has 2 heterocycles. The molecule has 0 N–H and O–H groups in total. The highest BCUT2D eigenvalue weighted by Crippen LogP contribution is 2.35. The zero-order valence-electron chi connectivity index (χ0n) is 8.07. The van der Waals surface area contributed by atoms with Crippen LogP contribution >= 0.6 is 0 Å². The van der Waals surface area contributed by atoms with Gasteiger partial charge in [0.15, 0.2) is 5.78 Å². The Morgan fingerprint density at radius 2 is 2.14 bits per heavy atom. The predicted molar refractivity (Wildman–Crippen MR) is 55.8 cm³/mol. The van der Waals surface area contributed by atoms with Crippen LogP contribution in [0.1, 0.15) is 29.6 Å². The van der Waals surface area contributed by atoms with Crippen molar-refractivity contribution in [1.82, 2.24) is 0 Å². The van der Waals surface area contributed by atoms with E-state index in [9.17, 15) is 4.79 Å². The fraction of sp³-hybridized carbons (Fsp3) is 0.417. The Labute approximate surface area is 83.5 Å². The summed E-state index contributed by atoms with van der Waals surface area (Å²) in [5.41, 5.74) is 2.08. The summed E-state index contributed by atoms with van der Waals surface area (Å²) in [5, 5.41) is 0. The van der Waals surface area contributed by atoms with Crippen molar-refractivity contribution in [1.29, 1.82) is 0 Å². The lowest BCUT2D eigenvalue weighted by Crippen LogP contribution is -2.36. The molecule has 72 valence electrons. The van der Waals surface area contributed by atoms with Gasteiger partial charge in [-0.3, -0.25) is 4.79 Å². The Morgan fingerprint density at radius 1 is 1.29 bits per heavy atom. The minimum Gasteiger partial charge on any atom is -0.368 e. The van der Waals surface area contributed by atoms with E-state index in [-0.39, 0.29) is 0 Å². The SMILES string of the molecule is O=C1C[C@H]2CCCN2c2ccccc21. The normalized spacial score (nSPS) is 24.7. The van der Waals surface area contributed by atoms with Crippen LogP contribution in [0.3, 0.4) is 0 Å². The van der Waals surface area contributed by atoms with Crippen LogP contribution in [0.25, 0.3) is 0 Å². The number of Topliss-reactive ketones (excluding diaryl/α,β-unsaturated/α-hetero) is 1. The molecule has 1 atom stereocenters. The molecule has 2 heteroatoms. The summed E-state index contributed by atoms with van der Waals surface area (Å²) in [6.07, 6.45) is 3.13. The van der Waals surface area contributed by atoms with Crippen molar-refractivity contribution < 1.29 is 4.79 Å². The zero-order valence-corrected chi connectivity index (χ0v) is 8.07. The first-order valence-electron chi connectivity index (χ1n) is 5.25. The summed E-state index contributed by atoms with van der Waals surface area (Å²) in [7, 11) is 0. The first kappa shape index (κ1) is 8.04. The van der Waals surface area contributed by atoms with Gasteiger partial charge in [-0.25, -0.2) is 0 Å². The van der Waals surface area contributed by atoms with Gasteiger partial charge in [0.25, 0.3) is 0 Å². The van der Waals surface area contributed by atoms with E-state index in [0.717, 1.165) is 24.2 Å². The third-order valence-electron chi connectivity index (χ3n) is 3.31. The van der Waals surface area contributed by atoms with Gasteiger partial charge in [0, 0.05) is 30.3 Å². The minimum atomic E-state index is 0.323. The van der Waals surface area contributed by atoms with E-state index in [2.05, 4.69) is 11.0 Å². The maximum Gasteiger partial charge on any atom is 0.167 e. The highest BCUT2D eigenvalue weighted by atomic mass is 16.1. The van der Waals surface area contributed by atoms with Gasteiger partial charge in [0.1, 0.15) is 0 Å².